The van der Waals surface area contributed by atoms with Crippen LogP contribution in [0.2, 0.25) is 0 Å². The molecule has 150 valence electrons. The Labute approximate surface area is 168 Å². The minimum absolute atomic E-state index is 0. The molecule has 3 N–H and O–H groups in total. The van der Waals surface area contributed by atoms with E-state index in [9.17, 15) is 9.59 Å². The number of halogens is 1. The van der Waals surface area contributed by atoms with E-state index in [1.165, 1.54) is 12.8 Å². The molecule has 1 aromatic carbocycles. The molecule has 2 aliphatic heterocycles. The Balaban J connectivity index is 0.00000261. The van der Waals surface area contributed by atoms with Crippen molar-refractivity contribution in [3.63, 3.8) is 0 Å². The highest BCUT2D eigenvalue weighted by atomic mass is 35.5. The van der Waals surface area contributed by atoms with E-state index in [4.69, 9.17) is 0 Å². The maximum atomic E-state index is 12.3. The molecule has 2 saturated heterocycles. The average molecular weight is 394 g/mol. The molecule has 1 aromatic rings. The Kier molecular flexibility index (Phi) is 7.29. The average Bonchev–Trinajstić information content (AvgIpc) is 2.93. The van der Waals surface area contributed by atoms with Gasteiger partial charge in [0.25, 0.3) is 5.91 Å². The largest absolute Gasteiger partial charge is 0.347 e. The topological polar surface area (TPSA) is 70.2 Å². The van der Waals surface area contributed by atoms with Crippen LogP contribution in [-0.4, -0.2) is 29.4 Å². The van der Waals surface area contributed by atoms with Gasteiger partial charge in [-0.25, -0.2) is 0 Å². The molecule has 3 rings (SSSR count). The lowest BCUT2D eigenvalue weighted by Crippen LogP contribution is -2.42. The van der Waals surface area contributed by atoms with Gasteiger partial charge in [-0.05, 0) is 76.1 Å². The third-order valence-corrected chi connectivity index (χ3v) is 5.81. The number of hydrogen-bond acceptors (Lipinski definition) is 3. The summed E-state index contributed by atoms with van der Waals surface area (Å²) in [6.07, 6.45) is 6.17. The Hall–Kier alpha value is -1.59. The second-order valence-corrected chi connectivity index (χ2v) is 8.50. The van der Waals surface area contributed by atoms with Gasteiger partial charge in [-0.15, -0.1) is 12.4 Å². The van der Waals surface area contributed by atoms with Gasteiger partial charge in [0.15, 0.2) is 0 Å². The lowest BCUT2D eigenvalue weighted by atomic mass is 9.89. The number of anilines is 1. The van der Waals surface area contributed by atoms with Crippen molar-refractivity contribution >= 4 is 29.9 Å². The fourth-order valence-electron chi connectivity index (χ4n) is 3.99. The summed E-state index contributed by atoms with van der Waals surface area (Å²) in [5.41, 5.74) is 1.13. The number of carbonyl (C=O) groups excluding carboxylic acids is 2. The summed E-state index contributed by atoms with van der Waals surface area (Å²) in [7, 11) is 0. The summed E-state index contributed by atoms with van der Waals surface area (Å²) in [6, 6.07) is 8.35. The van der Waals surface area contributed by atoms with Crippen LogP contribution in [0.25, 0.3) is 0 Å². The molecule has 2 aliphatic rings. The second kappa shape index (κ2) is 9.07. The highest BCUT2D eigenvalue weighted by Gasteiger charge is 2.34. The first kappa shape index (κ1) is 21.7. The maximum absolute atomic E-state index is 12.3. The van der Waals surface area contributed by atoms with E-state index in [-0.39, 0.29) is 29.8 Å². The zero-order chi connectivity index (χ0) is 18.7. The van der Waals surface area contributed by atoms with Crippen LogP contribution in [0.5, 0.6) is 0 Å². The van der Waals surface area contributed by atoms with Gasteiger partial charge < -0.3 is 16.0 Å². The quantitative estimate of drug-likeness (QED) is 0.686. The minimum Gasteiger partial charge on any atom is -0.347 e. The SMILES string of the molecule is CCC(C)(C)NC(=O)c1ccc(NC(=O)CC2CC3CCC(C2)N3)cc1.Cl. The van der Waals surface area contributed by atoms with Gasteiger partial charge in [0.2, 0.25) is 5.91 Å². The molecule has 2 heterocycles. The predicted octanol–water partition coefficient (Wildman–Crippen LogP) is 3.89. The molecular weight excluding hydrogens is 362 g/mol. The lowest BCUT2D eigenvalue weighted by Gasteiger charge is -2.28. The zero-order valence-electron chi connectivity index (χ0n) is 16.5. The van der Waals surface area contributed by atoms with E-state index >= 15 is 0 Å². The molecule has 0 saturated carbocycles. The van der Waals surface area contributed by atoms with Crippen molar-refractivity contribution < 1.29 is 9.59 Å². The van der Waals surface area contributed by atoms with Gasteiger partial charge >= 0.3 is 0 Å². The first-order valence-electron chi connectivity index (χ1n) is 9.83. The van der Waals surface area contributed by atoms with Crippen LogP contribution >= 0.6 is 12.4 Å². The monoisotopic (exact) mass is 393 g/mol. The van der Waals surface area contributed by atoms with Gasteiger partial charge in [-0.2, -0.15) is 0 Å². The molecule has 0 radical (unpaired) electrons. The third-order valence-electron chi connectivity index (χ3n) is 5.81. The van der Waals surface area contributed by atoms with Crippen molar-refractivity contribution in [3.8, 4) is 0 Å². The first-order chi connectivity index (χ1) is 12.3. The zero-order valence-corrected chi connectivity index (χ0v) is 17.3. The van der Waals surface area contributed by atoms with E-state index in [1.54, 1.807) is 24.3 Å². The van der Waals surface area contributed by atoms with Crippen LogP contribution in [-0.2, 0) is 4.79 Å². The Bertz CT molecular complexity index is 648. The summed E-state index contributed by atoms with van der Waals surface area (Å²) in [5.74, 6) is 0.468. The molecule has 2 amide bonds. The van der Waals surface area contributed by atoms with E-state index < -0.39 is 0 Å². The van der Waals surface area contributed by atoms with Crippen molar-refractivity contribution in [3.05, 3.63) is 29.8 Å². The summed E-state index contributed by atoms with van der Waals surface area (Å²) < 4.78 is 0. The number of nitrogens with one attached hydrogen (secondary N) is 3. The molecule has 0 spiro atoms. The molecular formula is C21H32ClN3O2. The van der Waals surface area contributed by atoms with Crippen molar-refractivity contribution in [1.29, 1.82) is 0 Å². The first-order valence-corrected chi connectivity index (χ1v) is 9.83. The molecule has 0 aliphatic carbocycles. The number of benzene rings is 1. The molecule has 6 heteroatoms. The summed E-state index contributed by atoms with van der Waals surface area (Å²) in [4.78, 5) is 24.6. The van der Waals surface area contributed by atoms with Crippen molar-refractivity contribution in [1.82, 2.24) is 10.6 Å². The number of carbonyl (C=O) groups is 2. The van der Waals surface area contributed by atoms with Crippen molar-refractivity contribution in [2.75, 3.05) is 5.32 Å². The van der Waals surface area contributed by atoms with Gasteiger partial charge in [-0.3, -0.25) is 9.59 Å². The minimum atomic E-state index is -0.224. The number of piperidine rings is 1. The van der Waals surface area contributed by atoms with Crippen LogP contribution < -0.4 is 16.0 Å². The van der Waals surface area contributed by atoms with Gasteiger partial charge in [0.05, 0.1) is 0 Å². The summed E-state index contributed by atoms with van der Waals surface area (Å²) >= 11 is 0. The Morgan fingerprint density at radius 3 is 2.26 bits per heavy atom. The number of hydrogen-bond donors (Lipinski definition) is 3. The van der Waals surface area contributed by atoms with Crippen LogP contribution in [0.15, 0.2) is 24.3 Å². The van der Waals surface area contributed by atoms with Crippen LogP contribution in [0.4, 0.5) is 5.69 Å². The molecule has 2 unspecified atom stereocenters. The fourth-order valence-corrected chi connectivity index (χ4v) is 3.99. The number of fused-ring (bicyclic) bond motifs is 2. The lowest BCUT2D eigenvalue weighted by molar-refractivity contribution is -0.117. The summed E-state index contributed by atoms with van der Waals surface area (Å²) in [5, 5.41) is 9.60. The predicted molar refractivity (Wildman–Crippen MR) is 111 cm³/mol. The van der Waals surface area contributed by atoms with E-state index in [0.29, 0.717) is 30.0 Å². The van der Waals surface area contributed by atoms with Crippen LogP contribution in [0.3, 0.4) is 0 Å². The van der Waals surface area contributed by atoms with Gasteiger partial charge in [-0.1, -0.05) is 6.92 Å². The number of rotatable bonds is 6. The van der Waals surface area contributed by atoms with Crippen molar-refractivity contribution in [2.45, 2.75) is 76.9 Å². The standard InChI is InChI=1S/C21H31N3O2.ClH/c1-4-21(2,3)24-20(26)15-5-7-16(8-6-15)23-19(25)13-14-11-17-9-10-18(12-14)22-17;/h5-8,14,17-18,22H,4,9-13H2,1-3H3,(H,23,25)(H,24,26);1H. The maximum Gasteiger partial charge on any atom is 0.251 e. The fraction of sp³-hybridized carbons (Fsp3) is 0.619. The molecule has 27 heavy (non-hydrogen) atoms. The van der Waals surface area contributed by atoms with Gasteiger partial charge in [0, 0.05) is 35.3 Å². The molecule has 5 nitrogen and oxygen atoms in total. The third kappa shape index (κ3) is 5.94. The van der Waals surface area contributed by atoms with Crippen LogP contribution in [0, 0.1) is 5.92 Å². The smallest absolute Gasteiger partial charge is 0.251 e. The number of amides is 2. The van der Waals surface area contributed by atoms with Crippen molar-refractivity contribution in [2.24, 2.45) is 5.92 Å². The second-order valence-electron chi connectivity index (χ2n) is 8.50. The van der Waals surface area contributed by atoms with Gasteiger partial charge in [0.1, 0.15) is 0 Å². The molecule has 2 fully saturated rings. The molecule has 2 atom stereocenters. The summed E-state index contributed by atoms with van der Waals surface area (Å²) in [6.45, 7) is 6.06. The normalized spacial score (nSPS) is 24.0. The van der Waals surface area contributed by atoms with Crippen LogP contribution in [0.1, 0.15) is 69.7 Å². The van der Waals surface area contributed by atoms with E-state index in [1.807, 2.05) is 20.8 Å². The molecule has 2 bridgehead atoms. The molecule has 0 aromatic heterocycles. The Morgan fingerprint density at radius 2 is 1.70 bits per heavy atom. The Morgan fingerprint density at radius 1 is 1.11 bits per heavy atom. The van der Waals surface area contributed by atoms with E-state index in [2.05, 4.69) is 16.0 Å². The highest BCUT2D eigenvalue weighted by molar-refractivity contribution is 5.96. The van der Waals surface area contributed by atoms with E-state index in [0.717, 1.165) is 24.9 Å². The highest BCUT2D eigenvalue weighted by Crippen LogP contribution is 2.32.